The quantitative estimate of drug-likeness (QED) is 0.696. The lowest BCUT2D eigenvalue weighted by molar-refractivity contribution is -0.274. The van der Waals surface area contributed by atoms with Gasteiger partial charge in [0.2, 0.25) is 0 Å². The average Bonchev–Trinajstić information content (AvgIpc) is 2.39. The molecular formula is C15H14F4OS. The van der Waals surface area contributed by atoms with Gasteiger partial charge in [0.05, 0.1) is 0 Å². The largest absolute Gasteiger partial charge is 0.573 e. The van der Waals surface area contributed by atoms with Gasteiger partial charge < -0.3 is 4.74 Å². The zero-order chi connectivity index (χ0) is 15.0. The first-order valence-corrected chi connectivity index (χ1v) is 7.77. The number of benzene rings is 1. The van der Waals surface area contributed by atoms with Gasteiger partial charge >= 0.3 is 6.36 Å². The summed E-state index contributed by atoms with van der Waals surface area (Å²) in [7, 11) is 0. The highest BCUT2D eigenvalue weighted by molar-refractivity contribution is 8.00. The van der Waals surface area contributed by atoms with Crippen molar-refractivity contribution in [1.82, 2.24) is 0 Å². The fraction of sp³-hybridized carbons (Fsp3) is 0.467. The Balaban J connectivity index is 1.90. The van der Waals surface area contributed by atoms with E-state index in [4.69, 9.17) is 0 Å². The van der Waals surface area contributed by atoms with E-state index in [1.807, 2.05) is 17.8 Å². The molecule has 0 aliphatic carbocycles. The molecule has 2 aliphatic rings. The van der Waals surface area contributed by atoms with Crippen molar-refractivity contribution in [3.63, 3.8) is 0 Å². The van der Waals surface area contributed by atoms with Crippen LogP contribution in [-0.2, 0) is 0 Å². The van der Waals surface area contributed by atoms with Gasteiger partial charge in [0, 0.05) is 16.1 Å². The normalized spacial score (nSPS) is 25.4. The van der Waals surface area contributed by atoms with E-state index in [9.17, 15) is 17.6 Å². The molecule has 6 heteroatoms. The topological polar surface area (TPSA) is 9.23 Å². The predicted molar refractivity (Wildman–Crippen MR) is 74.7 cm³/mol. The number of hydrogen-bond donors (Lipinski definition) is 0. The van der Waals surface area contributed by atoms with Crippen molar-refractivity contribution in [1.29, 1.82) is 0 Å². The zero-order valence-electron chi connectivity index (χ0n) is 11.1. The van der Waals surface area contributed by atoms with Crippen molar-refractivity contribution in [3.8, 4) is 5.75 Å². The van der Waals surface area contributed by atoms with Gasteiger partial charge in [0.15, 0.2) is 0 Å². The van der Waals surface area contributed by atoms with Gasteiger partial charge in [0.25, 0.3) is 0 Å². The van der Waals surface area contributed by atoms with Gasteiger partial charge in [-0.15, -0.1) is 13.2 Å². The van der Waals surface area contributed by atoms with Gasteiger partial charge in [-0.1, -0.05) is 12.5 Å². The van der Waals surface area contributed by atoms with Crippen LogP contribution in [0.4, 0.5) is 17.6 Å². The summed E-state index contributed by atoms with van der Waals surface area (Å²) in [4.78, 5) is 0. The molecular weight excluding hydrogens is 304 g/mol. The lowest BCUT2D eigenvalue weighted by Gasteiger charge is -2.33. The van der Waals surface area contributed by atoms with Crippen molar-refractivity contribution in [2.75, 3.05) is 0 Å². The van der Waals surface area contributed by atoms with E-state index in [2.05, 4.69) is 4.74 Å². The summed E-state index contributed by atoms with van der Waals surface area (Å²) >= 11 is 1.88. The molecule has 1 nitrogen and oxygen atoms in total. The Labute approximate surface area is 124 Å². The standard InChI is InChI=1S/C15H14F4OS/c16-14-5-4-10(20-15(17,18)19)8-13(14)9-6-11-2-1-3-12(7-9)21-11/h4-6,8,11-12H,1-3,7H2. The third-order valence-corrected chi connectivity index (χ3v) is 5.24. The molecule has 3 rings (SSSR count). The van der Waals surface area contributed by atoms with Crippen LogP contribution < -0.4 is 4.74 Å². The summed E-state index contributed by atoms with van der Waals surface area (Å²) in [6, 6.07) is 3.19. The van der Waals surface area contributed by atoms with Crippen LogP contribution in [0.1, 0.15) is 31.2 Å². The van der Waals surface area contributed by atoms with Crippen molar-refractivity contribution >= 4 is 17.3 Å². The SMILES string of the molecule is Fc1ccc(OC(F)(F)F)cc1C1=CC2CCCC(C1)S2. The van der Waals surface area contributed by atoms with Gasteiger partial charge in [-0.05, 0) is 43.0 Å². The molecule has 0 N–H and O–H groups in total. The summed E-state index contributed by atoms with van der Waals surface area (Å²) < 4.78 is 54.7. The fourth-order valence-corrected chi connectivity index (χ4v) is 4.51. The predicted octanol–water partition coefficient (Wildman–Crippen LogP) is 5.17. The van der Waals surface area contributed by atoms with Crippen LogP contribution in [-0.4, -0.2) is 16.9 Å². The molecule has 2 bridgehead atoms. The minimum Gasteiger partial charge on any atom is -0.406 e. The Morgan fingerprint density at radius 2 is 2.00 bits per heavy atom. The molecule has 0 amide bonds. The van der Waals surface area contributed by atoms with E-state index < -0.39 is 12.2 Å². The van der Waals surface area contributed by atoms with E-state index in [1.54, 1.807) is 0 Å². The van der Waals surface area contributed by atoms with Gasteiger partial charge in [-0.3, -0.25) is 0 Å². The first-order valence-electron chi connectivity index (χ1n) is 6.82. The summed E-state index contributed by atoms with van der Waals surface area (Å²) in [5, 5.41) is 0.787. The van der Waals surface area contributed by atoms with Crippen molar-refractivity contribution in [2.45, 2.75) is 42.5 Å². The Hall–Kier alpha value is -1.17. The van der Waals surface area contributed by atoms with E-state index >= 15 is 0 Å². The molecule has 1 saturated heterocycles. The van der Waals surface area contributed by atoms with Gasteiger partial charge in [-0.2, -0.15) is 11.8 Å². The molecule has 2 atom stereocenters. The molecule has 0 spiro atoms. The van der Waals surface area contributed by atoms with Crippen molar-refractivity contribution < 1.29 is 22.3 Å². The number of rotatable bonds is 2. The number of thioether (sulfide) groups is 1. The molecule has 1 aromatic carbocycles. The molecule has 0 radical (unpaired) electrons. The van der Waals surface area contributed by atoms with Gasteiger partial charge in [0.1, 0.15) is 11.6 Å². The highest BCUT2D eigenvalue weighted by atomic mass is 32.2. The Bertz CT molecular complexity index is 567. The molecule has 2 heterocycles. The van der Waals surface area contributed by atoms with Crippen LogP contribution in [0, 0.1) is 5.82 Å². The fourth-order valence-electron chi connectivity index (χ4n) is 2.89. The Morgan fingerprint density at radius 1 is 1.19 bits per heavy atom. The van der Waals surface area contributed by atoms with Crippen molar-refractivity contribution in [2.24, 2.45) is 0 Å². The molecule has 2 aliphatic heterocycles. The smallest absolute Gasteiger partial charge is 0.406 e. The zero-order valence-corrected chi connectivity index (χ0v) is 11.9. The number of allylic oxidation sites excluding steroid dienone is 1. The van der Waals surface area contributed by atoms with Crippen LogP contribution in [0.3, 0.4) is 0 Å². The lowest BCUT2D eigenvalue weighted by atomic mass is 9.93. The second-order valence-electron chi connectivity index (χ2n) is 5.31. The summed E-state index contributed by atoms with van der Waals surface area (Å²) in [6.07, 6.45) is 1.22. The van der Waals surface area contributed by atoms with Crippen LogP contribution in [0.5, 0.6) is 5.75 Å². The number of alkyl halides is 3. The number of ether oxygens (including phenoxy) is 1. The first kappa shape index (κ1) is 14.8. The summed E-state index contributed by atoms with van der Waals surface area (Å²) in [5.74, 6) is -0.871. The first-order chi connectivity index (χ1) is 9.90. The van der Waals surface area contributed by atoms with Gasteiger partial charge in [-0.25, -0.2) is 4.39 Å². The minimum atomic E-state index is -4.76. The van der Waals surface area contributed by atoms with Crippen LogP contribution >= 0.6 is 11.8 Å². The molecule has 21 heavy (non-hydrogen) atoms. The molecule has 1 aromatic rings. The van der Waals surface area contributed by atoms with E-state index in [0.717, 1.165) is 43.0 Å². The summed E-state index contributed by atoms with van der Waals surface area (Å²) in [6.45, 7) is 0. The van der Waals surface area contributed by atoms with Crippen molar-refractivity contribution in [3.05, 3.63) is 35.7 Å². The van der Waals surface area contributed by atoms with E-state index in [1.165, 1.54) is 0 Å². The Kier molecular flexibility index (Phi) is 3.90. The molecule has 2 unspecified atom stereocenters. The maximum absolute atomic E-state index is 14.0. The third-order valence-electron chi connectivity index (χ3n) is 3.73. The van der Waals surface area contributed by atoms with E-state index in [-0.39, 0.29) is 11.3 Å². The number of fused-ring (bicyclic) bond motifs is 2. The number of hydrogen-bond acceptors (Lipinski definition) is 2. The number of halogens is 4. The second kappa shape index (κ2) is 5.55. The third kappa shape index (κ3) is 3.54. The molecule has 1 fully saturated rings. The summed E-state index contributed by atoms with van der Waals surface area (Å²) in [5.41, 5.74) is 1.03. The van der Waals surface area contributed by atoms with Crippen LogP contribution in [0.2, 0.25) is 0 Å². The Morgan fingerprint density at radius 3 is 2.71 bits per heavy atom. The lowest BCUT2D eigenvalue weighted by Crippen LogP contribution is -2.21. The maximum atomic E-state index is 14.0. The van der Waals surface area contributed by atoms with E-state index in [0.29, 0.717) is 16.9 Å². The highest BCUT2D eigenvalue weighted by Gasteiger charge is 2.32. The maximum Gasteiger partial charge on any atom is 0.573 e. The molecule has 114 valence electrons. The molecule has 0 saturated carbocycles. The average molecular weight is 318 g/mol. The monoisotopic (exact) mass is 318 g/mol. The second-order valence-corrected chi connectivity index (χ2v) is 6.86. The minimum absolute atomic E-state index is 0.231. The van der Waals surface area contributed by atoms with Crippen LogP contribution in [0.15, 0.2) is 24.3 Å². The molecule has 0 aromatic heterocycles. The van der Waals surface area contributed by atoms with Crippen LogP contribution in [0.25, 0.3) is 5.57 Å². The highest BCUT2D eigenvalue weighted by Crippen LogP contribution is 2.44.